The van der Waals surface area contributed by atoms with Crippen molar-refractivity contribution in [1.82, 2.24) is 24.1 Å². The van der Waals surface area contributed by atoms with Gasteiger partial charge in [-0.25, -0.2) is 0 Å². The van der Waals surface area contributed by atoms with E-state index in [1.165, 1.54) is 11.3 Å². The molecular formula is C23H30N6O2. The lowest BCUT2D eigenvalue weighted by Gasteiger charge is -2.38. The number of hydrogen-bond acceptors (Lipinski definition) is 4. The molecule has 164 valence electrons. The van der Waals surface area contributed by atoms with E-state index in [9.17, 15) is 9.59 Å². The van der Waals surface area contributed by atoms with Crippen LogP contribution >= 0.6 is 0 Å². The fraction of sp³-hybridized carbons (Fsp3) is 0.435. The third kappa shape index (κ3) is 3.83. The van der Waals surface area contributed by atoms with Crippen LogP contribution in [0.3, 0.4) is 0 Å². The summed E-state index contributed by atoms with van der Waals surface area (Å²) in [5.74, 6) is -0.237. The SMILES string of the molecule is CCn1ccc(C(=O)N2CCN(C)C(C(=O)Nc3ccc4c(c3)c(C)c(C)n4C)C2)n1. The highest BCUT2D eigenvalue weighted by Gasteiger charge is 2.33. The van der Waals surface area contributed by atoms with Crippen LogP contribution < -0.4 is 5.32 Å². The Bertz CT molecular complexity index is 1140. The number of anilines is 1. The first kappa shape index (κ1) is 21.1. The molecule has 4 rings (SSSR count). The van der Waals surface area contributed by atoms with Crippen LogP contribution in [0, 0.1) is 13.8 Å². The van der Waals surface area contributed by atoms with Gasteiger partial charge in [-0.3, -0.25) is 19.2 Å². The van der Waals surface area contributed by atoms with Crippen molar-refractivity contribution in [1.29, 1.82) is 0 Å². The summed E-state index contributed by atoms with van der Waals surface area (Å²) in [5.41, 5.74) is 4.76. The van der Waals surface area contributed by atoms with E-state index >= 15 is 0 Å². The second kappa shape index (κ2) is 8.19. The van der Waals surface area contributed by atoms with Crippen LogP contribution in [0.25, 0.3) is 10.9 Å². The van der Waals surface area contributed by atoms with Crippen LogP contribution in [0.4, 0.5) is 5.69 Å². The molecule has 1 aliphatic heterocycles. The zero-order chi connectivity index (χ0) is 22.3. The molecule has 31 heavy (non-hydrogen) atoms. The third-order valence-electron chi connectivity index (χ3n) is 6.50. The Morgan fingerprint density at radius 2 is 1.94 bits per heavy atom. The number of amides is 2. The molecule has 0 radical (unpaired) electrons. The maximum absolute atomic E-state index is 13.1. The fourth-order valence-corrected chi connectivity index (χ4v) is 4.21. The van der Waals surface area contributed by atoms with Gasteiger partial charge < -0.3 is 14.8 Å². The number of rotatable bonds is 4. The largest absolute Gasteiger partial charge is 0.348 e. The fourth-order valence-electron chi connectivity index (χ4n) is 4.21. The highest BCUT2D eigenvalue weighted by Crippen LogP contribution is 2.27. The standard InChI is InChI=1S/C23H30N6O2/c1-6-29-10-9-19(25-29)23(31)28-12-11-26(4)21(14-28)22(30)24-17-7-8-20-18(13-17)15(2)16(3)27(20)5/h7-10,13,21H,6,11-12,14H2,1-5H3,(H,24,30). The molecule has 1 saturated heterocycles. The van der Waals surface area contributed by atoms with Gasteiger partial charge in [-0.15, -0.1) is 0 Å². The summed E-state index contributed by atoms with van der Waals surface area (Å²) >= 11 is 0. The minimum Gasteiger partial charge on any atom is -0.348 e. The van der Waals surface area contributed by atoms with Crippen LogP contribution in [0.1, 0.15) is 28.7 Å². The van der Waals surface area contributed by atoms with E-state index < -0.39 is 6.04 Å². The Hall–Kier alpha value is -3.13. The number of carbonyl (C=O) groups is 2. The van der Waals surface area contributed by atoms with Crippen molar-refractivity contribution in [3.63, 3.8) is 0 Å². The average Bonchev–Trinajstić information content (AvgIpc) is 3.33. The molecule has 1 unspecified atom stereocenters. The summed E-state index contributed by atoms with van der Waals surface area (Å²) in [5, 5.41) is 8.51. The molecule has 2 amide bonds. The van der Waals surface area contributed by atoms with Crippen LogP contribution in [-0.2, 0) is 18.4 Å². The molecule has 3 heterocycles. The topological polar surface area (TPSA) is 75.4 Å². The van der Waals surface area contributed by atoms with E-state index in [-0.39, 0.29) is 11.8 Å². The summed E-state index contributed by atoms with van der Waals surface area (Å²) in [4.78, 5) is 29.7. The minimum atomic E-state index is -0.416. The molecule has 0 bridgehead atoms. The van der Waals surface area contributed by atoms with Crippen LogP contribution in [-0.4, -0.2) is 68.7 Å². The van der Waals surface area contributed by atoms with E-state index in [0.717, 1.165) is 16.6 Å². The maximum atomic E-state index is 13.1. The summed E-state index contributed by atoms with van der Waals surface area (Å²) in [7, 11) is 3.97. The van der Waals surface area contributed by atoms with Crippen molar-refractivity contribution < 1.29 is 9.59 Å². The first-order chi connectivity index (χ1) is 14.8. The van der Waals surface area contributed by atoms with Crippen molar-refractivity contribution in [2.24, 2.45) is 7.05 Å². The van der Waals surface area contributed by atoms with Gasteiger partial charge in [-0.2, -0.15) is 5.10 Å². The number of benzene rings is 1. The average molecular weight is 423 g/mol. The van der Waals surface area contributed by atoms with Crippen molar-refractivity contribution in [2.75, 3.05) is 32.0 Å². The summed E-state index contributed by atoms with van der Waals surface area (Å²) in [6.45, 7) is 8.44. The molecule has 0 saturated carbocycles. The normalized spacial score (nSPS) is 17.3. The smallest absolute Gasteiger partial charge is 0.274 e. The van der Waals surface area contributed by atoms with E-state index in [0.29, 0.717) is 31.9 Å². The number of carbonyl (C=O) groups excluding carboxylic acids is 2. The molecule has 1 aliphatic rings. The molecule has 8 heteroatoms. The van der Waals surface area contributed by atoms with Crippen molar-refractivity contribution >= 4 is 28.4 Å². The molecule has 8 nitrogen and oxygen atoms in total. The number of likely N-dealkylation sites (N-methyl/N-ethyl adjacent to an activating group) is 1. The van der Waals surface area contributed by atoms with E-state index in [1.807, 2.05) is 37.1 Å². The number of fused-ring (bicyclic) bond motifs is 1. The van der Waals surface area contributed by atoms with Gasteiger partial charge in [0.2, 0.25) is 5.91 Å². The highest BCUT2D eigenvalue weighted by molar-refractivity contribution is 5.99. The lowest BCUT2D eigenvalue weighted by Crippen LogP contribution is -2.57. The first-order valence-corrected chi connectivity index (χ1v) is 10.7. The third-order valence-corrected chi connectivity index (χ3v) is 6.50. The number of aryl methyl sites for hydroxylation is 3. The lowest BCUT2D eigenvalue weighted by molar-refractivity contribution is -0.122. The van der Waals surface area contributed by atoms with Crippen molar-refractivity contribution in [3.8, 4) is 0 Å². The zero-order valence-electron chi connectivity index (χ0n) is 18.8. The molecular weight excluding hydrogens is 392 g/mol. The molecule has 1 fully saturated rings. The van der Waals surface area contributed by atoms with Gasteiger partial charge in [0.15, 0.2) is 0 Å². The van der Waals surface area contributed by atoms with E-state index in [1.54, 1.807) is 21.8 Å². The predicted molar refractivity (Wildman–Crippen MR) is 121 cm³/mol. The molecule has 1 aromatic carbocycles. The molecule has 1 atom stereocenters. The number of nitrogens with one attached hydrogen (secondary N) is 1. The van der Waals surface area contributed by atoms with Gasteiger partial charge >= 0.3 is 0 Å². The quantitative estimate of drug-likeness (QED) is 0.701. The van der Waals surface area contributed by atoms with Crippen molar-refractivity contribution in [2.45, 2.75) is 33.4 Å². The minimum absolute atomic E-state index is 0.108. The Labute approximate surface area is 182 Å². The number of nitrogens with zero attached hydrogens (tertiary/aromatic N) is 5. The van der Waals surface area contributed by atoms with E-state index in [4.69, 9.17) is 0 Å². The monoisotopic (exact) mass is 422 g/mol. The Morgan fingerprint density at radius 1 is 1.16 bits per heavy atom. The Balaban J connectivity index is 1.50. The van der Waals surface area contributed by atoms with Crippen molar-refractivity contribution in [3.05, 3.63) is 47.4 Å². The van der Waals surface area contributed by atoms with Gasteiger partial charge in [0.1, 0.15) is 11.7 Å². The van der Waals surface area contributed by atoms with Gasteiger partial charge in [0.05, 0.1) is 0 Å². The number of piperazine rings is 1. The molecule has 0 spiro atoms. The summed E-state index contributed by atoms with van der Waals surface area (Å²) in [6, 6.07) is 7.31. The second-order valence-corrected chi connectivity index (χ2v) is 8.29. The lowest BCUT2D eigenvalue weighted by atomic mass is 10.1. The second-order valence-electron chi connectivity index (χ2n) is 8.29. The van der Waals surface area contributed by atoms with Gasteiger partial charge in [0, 0.05) is 61.7 Å². The first-order valence-electron chi connectivity index (χ1n) is 10.7. The van der Waals surface area contributed by atoms with Gasteiger partial charge in [0.25, 0.3) is 5.91 Å². The van der Waals surface area contributed by atoms with Crippen LogP contribution in [0.15, 0.2) is 30.5 Å². The van der Waals surface area contributed by atoms with E-state index in [2.05, 4.69) is 35.9 Å². The van der Waals surface area contributed by atoms with Gasteiger partial charge in [-0.05, 0) is 57.6 Å². The predicted octanol–water partition coefficient (Wildman–Crippen LogP) is 2.41. The summed E-state index contributed by atoms with van der Waals surface area (Å²) < 4.78 is 3.89. The Morgan fingerprint density at radius 3 is 2.65 bits per heavy atom. The number of hydrogen-bond donors (Lipinski definition) is 1. The van der Waals surface area contributed by atoms with Crippen LogP contribution in [0.2, 0.25) is 0 Å². The molecule has 2 aromatic heterocycles. The molecule has 0 aliphatic carbocycles. The highest BCUT2D eigenvalue weighted by atomic mass is 16.2. The van der Waals surface area contributed by atoms with Crippen LogP contribution in [0.5, 0.6) is 0 Å². The molecule has 3 aromatic rings. The number of aromatic nitrogens is 3. The zero-order valence-corrected chi connectivity index (χ0v) is 18.8. The Kier molecular flexibility index (Phi) is 5.58. The molecule has 1 N–H and O–H groups in total. The van der Waals surface area contributed by atoms with Gasteiger partial charge in [-0.1, -0.05) is 0 Å². The maximum Gasteiger partial charge on any atom is 0.274 e. The summed E-state index contributed by atoms with van der Waals surface area (Å²) in [6.07, 6.45) is 1.80.